The molecule has 1 saturated carbocycles. The van der Waals surface area contributed by atoms with Crippen molar-refractivity contribution in [1.82, 2.24) is 10.2 Å². The van der Waals surface area contributed by atoms with Gasteiger partial charge in [0, 0.05) is 31.5 Å². The van der Waals surface area contributed by atoms with E-state index in [0.29, 0.717) is 12.5 Å². The predicted octanol–water partition coefficient (Wildman–Crippen LogP) is 3.68. The smallest absolute Gasteiger partial charge is 0.225 e. The summed E-state index contributed by atoms with van der Waals surface area (Å²) in [5, 5.41) is 3.07. The van der Waals surface area contributed by atoms with Crippen LogP contribution in [0, 0.1) is 24.7 Å². The second kappa shape index (κ2) is 8.70. The van der Waals surface area contributed by atoms with Crippen LogP contribution >= 0.6 is 0 Å². The van der Waals surface area contributed by atoms with E-state index in [1.54, 1.807) is 0 Å². The summed E-state index contributed by atoms with van der Waals surface area (Å²) < 4.78 is 0. The fourth-order valence-electron chi connectivity index (χ4n) is 4.25. The lowest BCUT2D eigenvalue weighted by molar-refractivity contribution is -0.139. The van der Waals surface area contributed by atoms with Crippen molar-refractivity contribution in [2.75, 3.05) is 13.1 Å². The number of amides is 2. The van der Waals surface area contributed by atoms with Crippen molar-refractivity contribution in [1.29, 1.82) is 0 Å². The van der Waals surface area contributed by atoms with Crippen molar-refractivity contribution in [3.63, 3.8) is 0 Å². The Morgan fingerprint density at radius 2 is 1.69 bits per heavy atom. The van der Waals surface area contributed by atoms with Gasteiger partial charge in [-0.25, -0.2) is 0 Å². The predicted molar refractivity (Wildman–Crippen MR) is 103 cm³/mol. The van der Waals surface area contributed by atoms with Gasteiger partial charge in [-0.2, -0.15) is 0 Å². The average Bonchev–Trinajstić information content (AvgIpc) is 2.66. The van der Waals surface area contributed by atoms with Crippen molar-refractivity contribution >= 4 is 11.8 Å². The number of hydrogen-bond donors (Lipinski definition) is 1. The highest BCUT2D eigenvalue weighted by Gasteiger charge is 2.33. The number of nitrogens with zero attached hydrogens (tertiary/aromatic N) is 1. The van der Waals surface area contributed by atoms with Gasteiger partial charge in [-0.05, 0) is 56.9 Å². The van der Waals surface area contributed by atoms with Gasteiger partial charge in [0.2, 0.25) is 11.8 Å². The van der Waals surface area contributed by atoms with E-state index in [9.17, 15) is 9.59 Å². The first kappa shape index (κ1) is 18.9. The Morgan fingerprint density at radius 1 is 1.04 bits per heavy atom. The Kier molecular flexibility index (Phi) is 6.33. The van der Waals surface area contributed by atoms with E-state index in [4.69, 9.17) is 0 Å². The molecule has 2 fully saturated rings. The average molecular weight is 357 g/mol. The van der Waals surface area contributed by atoms with Crippen LogP contribution in [0.5, 0.6) is 0 Å². The van der Waals surface area contributed by atoms with Crippen LogP contribution < -0.4 is 5.32 Å². The summed E-state index contributed by atoms with van der Waals surface area (Å²) in [7, 11) is 0. The fourth-order valence-corrected chi connectivity index (χ4v) is 4.25. The molecule has 0 aromatic heterocycles. The summed E-state index contributed by atoms with van der Waals surface area (Å²) in [6.07, 6.45) is 5.63. The third-order valence-corrected chi connectivity index (χ3v) is 6.09. The quantitative estimate of drug-likeness (QED) is 0.895. The maximum absolute atomic E-state index is 12.7. The topological polar surface area (TPSA) is 49.4 Å². The fraction of sp³-hybridized carbons (Fsp3) is 0.636. The molecule has 1 aromatic carbocycles. The summed E-state index contributed by atoms with van der Waals surface area (Å²) in [5.41, 5.74) is 2.35. The lowest BCUT2D eigenvalue weighted by Crippen LogP contribution is -2.43. The molecule has 142 valence electrons. The monoisotopic (exact) mass is 356 g/mol. The van der Waals surface area contributed by atoms with Gasteiger partial charge in [0.25, 0.3) is 0 Å². The first-order valence-electron chi connectivity index (χ1n) is 10.1. The molecule has 2 amide bonds. The van der Waals surface area contributed by atoms with E-state index in [1.165, 1.54) is 5.56 Å². The molecular formula is C22H32N2O2. The molecule has 1 heterocycles. The Morgan fingerprint density at radius 3 is 2.35 bits per heavy atom. The minimum Gasteiger partial charge on any atom is -0.352 e. The van der Waals surface area contributed by atoms with Crippen LogP contribution in [0.15, 0.2) is 24.3 Å². The number of likely N-dealkylation sites (tertiary alicyclic amines) is 1. The van der Waals surface area contributed by atoms with Gasteiger partial charge in [0.1, 0.15) is 0 Å². The summed E-state index contributed by atoms with van der Waals surface area (Å²) in [4.78, 5) is 27.2. The first-order valence-corrected chi connectivity index (χ1v) is 10.1. The highest BCUT2D eigenvalue weighted by molar-refractivity contribution is 5.81. The van der Waals surface area contributed by atoms with Gasteiger partial charge >= 0.3 is 0 Å². The standard InChI is InChI=1S/C22H32N2O2/c1-16-10-12-24(13-11-16)22(26)20-8-6-19(7-9-20)21(25)23-15-18-5-3-4-17(2)14-18/h3-5,14,16,19-20H,6-13,15H2,1-2H3,(H,23,25). The van der Waals surface area contributed by atoms with Crippen LogP contribution in [0.25, 0.3) is 0 Å². The molecule has 0 atom stereocenters. The number of aryl methyl sites for hydroxylation is 1. The van der Waals surface area contributed by atoms with Crippen molar-refractivity contribution < 1.29 is 9.59 Å². The molecule has 3 rings (SSSR count). The lowest BCUT2D eigenvalue weighted by atomic mass is 9.80. The second-order valence-electron chi connectivity index (χ2n) is 8.26. The number of hydrogen-bond acceptors (Lipinski definition) is 2. The molecule has 1 saturated heterocycles. The number of rotatable bonds is 4. The van der Waals surface area contributed by atoms with Crippen LogP contribution in [-0.4, -0.2) is 29.8 Å². The summed E-state index contributed by atoms with van der Waals surface area (Å²) in [6.45, 7) is 6.74. The van der Waals surface area contributed by atoms with E-state index >= 15 is 0 Å². The van der Waals surface area contributed by atoms with Crippen LogP contribution in [0.3, 0.4) is 0 Å². The van der Waals surface area contributed by atoms with Crippen LogP contribution in [0.4, 0.5) is 0 Å². The normalized spacial score (nSPS) is 24.3. The van der Waals surface area contributed by atoms with Crippen molar-refractivity contribution in [2.45, 2.75) is 58.9 Å². The van der Waals surface area contributed by atoms with Gasteiger partial charge < -0.3 is 10.2 Å². The minimum atomic E-state index is 0.0604. The molecule has 1 N–H and O–H groups in total. The summed E-state index contributed by atoms with van der Waals surface area (Å²) in [5.74, 6) is 1.40. The van der Waals surface area contributed by atoms with Crippen molar-refractivity contribution in [3.05, 3.63) is 35.4 Å². The molecule has 0 bridgehead atoms. The SMILES string of the molecule is Cc1cccc(CNC(=O)C2CCC(C(=O)N3CCC(C)CC3)CC2)c1. The zero-order valence-electron chi connectivity index (χ0n) is 16.2. The number of benzene rings is 1. The molecule has 0 unspecified atom stereocenters. The van der Waals surface area contributed by atoms with Gasteiger partial charge in [-0.15, -0.1) is 0 Å². The molecular weight excluding hydrogens is 324 g/mol. The molecule has 0 spiro atoms. The van der Waals surface area contributed by atoms with Crippen molar-refractivity contribution in [3.8, 4) is 0 Å². The third-order valence-electron chi connectivity index (χ3n) is 6.09. The molecule has 1 aliphatic carbocycles. The maximum Gasteiger partial charge on any atom is 0.225 e. The Hall–Kier alpha value is -1.84. The summed E-state index contributed by atoms with van der Waals surface area (Å²) in [6, 6.07) is 8.24. The number of piperidine rings is 1. The number of carbonyl (C=O) groups excluding carboxylic acids is 2. The molecule has 4 nitrogen and oxygen atoms in total. The molecule has 1 aliphatic heterocycles. The Balaban J connectivity index is 1.42. The van der Waals surface area contributed by atoms with Gasteiger partial charge in [0.15, 0.2) is 0 Å². The summed E-state index contributed by atoms with van der Waals surface area (Å²) >= 11 is 0. The molecule has 0 radical (unpaired) electrons. The zero-order valence-corrected chi connectivity index (χ0v) is 16.2. The van der Waals surface area contributed by atoms with Crippen LogP contribution in [0.2, 0.25) is 0 Å². The van der Waals surface area contributed by atoms with E-state index in [2.05, 4.69) is 36.2 Å². The van der Waals surface area contributed by atoms with Crippen molar-refractivity contribution in [2.24, 2.45) is 17.8 Å². The number of nitrogens with one attached hydrogen (secondary N) is 1. The Bertz CT molecular complexity index is 627. The van der Waals surface area contributed by atoms with E-state index < -0.39 is 0 Å². The van der Waals surface area contributed by atoms with Gasteiger partial charge in [0.05, 0.1) is 0 Å². The Labute approximate surface area is 157 Å². The molecule has 4 heteroatoms. The highest BCUT2D eigenvalue weighted by Crippen LogP contribution is 2.31. The number of carbonyl (C=O) groups is 2. The molecule has 26 heavy (non-hydrogen) atoms. The van der Waals surface area contributed by atoms with E-state index in [-0.39, 0.29) is 17.7 Å². The van der Waals surface area contributed by atoms with E-state index in [0.717, 1.165) is 63.1 Å². The lowest BCUT2D eigenvalue weighted by Gasteiger charge is -2.35. The third kappa shape index (κ3) is 4.87. The largest absolute Gasteiger partial charge is 0.352 e. The van der Waals surface area contributed by atoms with Gasteiger partial charge in [-0.3, -0.25) is 9.59 Å². The second-order valence-corrected chi connectivity index (χ2v) is 8.26. The van der Waals surface area contributed by atoms with E-state index in [1.807, 2.05) is 12.1 Å². The van der Waals surface area contributed by atoms with Crippen LogP contribution in [-0.2, 0) is 16.1 Å². The first-order chi connectivity index (χ1) is 12.5. The highest BCUT2D eigenvalue weighted by atomic mass is 16.2. The zero-order chi connectivity index (χ0) is 18.5. The van der Waals surface area contributed by atoms with Crippen LogP contribution in [0.1, 0.15) is 56.6 Å². The molecule has 2 aliphatic rings. The van der Waals surface area contributed by atoms with Gasteiger partial charge in [-0.1, -0.05) is 36.8 Å². The minimum absolute atomic E-state index is 0.0604. The maximum atomic E-state index is 12.7. The molecule has 1 aromatic rings.